The maximum atomic E-state index is 5.24. The molecular formula is C13H21NO. The van der Waals surface area contributed by atoms with Crippen molar-refractivity contribution in [2.75, 3.05) is 14.2 Å². The second-order valence-corrected chi connectivity index (χ2v) is 3.01. The molecule has 15 heavy (non-hydrogen) atoms. The van der Waals surface area contributed by atoms with Gasteiger partial charge in [-0.05, 0) is 26.0 Å². The van der Waals surface area contributed by atoms with Crippen molar-refractivity contribution in [3.8, 4) is 5.75 Å². The first-order valence-corrected chi connectivity index (χ1v) is 5.27. The zero-order valence-electron chi connectivity index (χ0n) is 10.6. The molecule has 0 amide bonds. The van der Waals surface area contributed by atoms with E-state index in [-0.39, 0.29) is 0 Å². The predicted octanol–water partition coefficient (Wildman–Crippen LogP) is 3.47. The summed E-state index contributed by atoms with van der Waals surface area (Å²) in [5.74, 6) is 0.883. The molecular weight excluding hydrogens is 186 g/mol. The molecule has 1 rings (SSSR count). The average molecular weight is 207 g/mol. The van der Waals surface area contributed by atoms with Gasteiger partial charge in [0.2, 0.25) is 0 Å². The lowest BCUT2D eigenvalue weighted by molar-refractivity contribution is 0.414. The van der Waals surface area contributed by atoms with Gasteiger partial charge in [-0.15, -0.1) is 0 Å². The zero-order chi connectivity index (χ0) is 11.8. The molecule has 0 radical (unpaired) electrons. The summed E-state index contributed by atoms with van der Waals surface area (Å²) in [5, 5.41) is 0. The Morgan fingerprint density at radius 2 is 1.87 bits per heavy atom. The number of methoxy groups -OCH3 is 1. The van der Waals surface area contributed by atoms with Crippen LogP contribution in [0.4, 0.5) is 0 Å². The molecule has 1 aromatic rings. The molecule has 0 unspecified atom stereocenters. The zero-order valence-corrected chi connectivity index (χ0v) is 10.6. The van der Waals surface area contributed by atoms with Crippen molar-refractivity contribution in [1.82, 2.24) is 0 Å². The van der Waals surface area contributed by atoms with Gasteiger partial charge in [0.15, 0.2) is 0 Å². The Hall–Kier alpha value is -1.31. The molecule has 0 spiro atoms. The molecule has 0 N–H and O–H groups in total. The van der Waals surface area contributed by atoms with Gasteiger partial charge < -0.3 is 4.74 Å². The van der Waals surface area contributed by atoms with E-state index in [9.17, 15) is 0 Å². The highest BCUT2D eigenvalue weighted by molar-refractivity contribution is 6.01. The summed E-state index contributed by atoms with van der Waals surface area (Å²) in [6.45, 7) is 8.04. The van der Waals surface area contributed by atoms with Gasteiger partial charge in [-0.1, -0.05) is 25.5 Å². The van der Waals surface area contributed by atoms with Crippen LogP contribution < -0.4 is 4.74 Å². The van der Waals surface area contributed by atoms with Gasteiger partial charge in [0.05, 0.1) is 7.11 Å². The molecule has 0 bridgehead atoms. The number of aryl methyl sites for hydroxylation is 1. The van der Waals surface area contributed by atoms with Crippen molar-refractivity contribution >= 4 is 5.71 Å². The smallest absolute Gasteiger partial charge is 0.127 e. The number of ether oxygens (including phenoxy) is 1. The summed E-state index contributed by atoms with van der Waals surface area (Å²) in [7, 11) is 3.47. The Morgan fingerprint density at radius 3 is 2.33 bits per heavy atom. The fourth-order valence-electron chi connectivity index (χ4n) is 1.23. The second-order valence-electron chi connectivity index (χ2n) is 3.01. The molecule has 0 aliphatic heterocycles. The van der Waals surface area contributed by atoms with Crippen LogP contribution in [0.3, 0.4) is 0 Å². The van der Waals surface area contributed by atoms with Crippen LogP contribution in [0, 0.1) is 6.92 Å². The molecule has 0 saturated carbocycles. The van der Waals surface area contributed by atoms with E-state index in [1.165, 1.54) is 5.56 Å². The number of aliphatic imine (C=N–C) groups is 1. The molecule has 1 aromatic carbocycles. The topological polar surface area (TPSA) is 21.6 Å². The lowest BCUT2D eigenvalue weighted by Gasteiger charge is -2.08. The van der Waals surface area contributed by atoms with Crippen LogP contribution in [0.5, 0.6) is 5.75 Å². The Kier molecular flexibility index (Phi) is 6.43. The van der Waals surface area contributed by atoms with Crippen LogP contribution in [0.2, 0.25) is 0 Å². The van der Waals surface area contributed by atoms with Gasteiger partial charge >= 0.3 is 0 Å². The van der Waals surface area contributed by atoms with Crippen molar-refractivity contribution in [3.05, 3.63) is 29.3 Å². The number of nitrogens with zero attached hydrogens (tertiary/aromatic N) is 1. The van der Waals surface area contributed by atoms with Crippen LogP contribution in [0.25, 0.3) is 0 Å². The number of hydrogen-bond donors (Lipinski definition) is 0. The van der Waals surface area contributed by atoms with Crippen molar-refractivity contribution < 1.29 is 4.74 Å². The SMILES string of the molecule is CC.CN=C(C)c1cc(C)ccc1OC. The average Bonchev–Trinajstić information content (AvgIpc) is 2.30. The molecule has 0 atom stereocenters. The highest BCUT2D eigenvalue weighted by Crippen LogP contribution is 2.20. The minimum absolute atomic E-state index is 0.883. The third-order valence-corrected chi connectivity index (χ3v) is 2.08. The number of rotatable bonds is 2. The normalized spacial score (nSPS) is 10.4. The Bertz CT molecular complexity index is 329. The third kappa shape index (κ3) is 3.74. The van der Waals surface area contributed by atoms with Crippen molar-refractivity contribution in [2.45, 2.75) is 27.7 Å². The van der Waals surface area contributed by atoms with Gasteiger partial charge in [0, 0.05) is 18.3 Å². The number of hydrogen-bond acceptors (Lipinski definition) is 2. The monoisotopic (exact) mass is 207 g/mol. The van der Waals surface area contributed by atoms with Gasteiger partial charge in [0.25, 0.3) is 0 Å². The van der Waals surface area contributed by atoms with Crippen LogP contribution in [-0.4, -0.2) is 19.9 Å². The second kappa shape index (κ2) is 7.04. The molecule has 0 fully saturated rings. The minimum atomic E-state index is 0.883. The van der Waals surface area contributed by atoms with Crippen molar-refractivity contribution in [3.63, 3.8) is 0 Å². The molecule has 2 heteroatoms. The highest BCUT2D eigenvalue weighted by Gasteiger charge is 2.04. The molecule has 84 valence electrons. The first kappa shape index (κ1) is 13.7. The van der Waals surface area contributed by atoms with Crippen LogP contribution in [0.15, 0.2) is 23.2 Å². The molecule has 0 aromatic heterocycles. The summed E-state index contributed by atoms with van der Waals surface area (Å²) in [4.78, 5) is 4.15. The van der Waals surface area contributed by atoms with Gasteiger partial charge in [0.1, 0.15) is 5.75 Å². The fraction of sp³-hybridized carbons (Fsp3) is 0.462. The van der Waals surface area contributed by atoms with E-state index in [1.807, 2.05) is 32.9 Å². The highest BCUT2D eigenvalue weighted by atomic mass is 16.5. The molecule has 2 nitrogen and oxygen atoms in total. The molecule has 0 aliphatic carbocycles. The minimum Gasteiger partial charge on any atom is -0.496 e. The molecule has 0 aliphatic rings. The van der Waals surface area contributed by atoms with Crippen LogP contribution >= 0.6 is 0 Å². The maximum Gasteiger partial charge on any atom is 0.127 e. The third-order valence-electron chi connectivity index (χ3n) is 2.08. The van der Waals surface area contributed by atoms with Gasteiger partial charge in [-0.3, -0.25) is 4.99 Å². The Morgan fingerprint density at radius 1 is 1.27 bits per heavy atom. The van der Waals surface area contributed by atoms with Crippen LogP contribution in [-0.2, 0) is 0 Å². The van der Waals surface area contributed by atoms with E-state index in [0.29, 0.717) is 0 Å². The Balaban J connectivity index is 0.000000921. The largest absolute Gasteiger partial charge is 0.496 e. The van der Waals surface area contributed by atoms with E-state index in [1.54, 1.807) is 14.2 Å². The van der Waals surface area contributed by atoms with Gasteiger partial charge in [-0.25, -0.2) is 0 Å². The first-order valence-electron chi connectivity index (χ1n) is 5.27. The lowest BCUT2D eigenvalue weighted by Crippen LogP contribution is -1.99. The quantitative estimate of drug-likeness (QED) is 0.680. The molecule has 0 saturated heterocycles. The summed E-state index contributed by atoms with van der Waals surface area (Å²) < 4.78 is 5.24. The molecule has 0 heterocycles. The van der Waals surface area contributed by atoms with E-state index >= 15 is 0 Å². The van der Waals surface area contributed by atoms with E-state index in [4.69, 9.17) is 4.74 Å². The summed E-state index contributed by atoms with van der Waals surface area (Å²) in [6, 6.07) is 6.09. The first-order chi connectivity index (χ1) is 7.19. The fourth-order valence-corrected chi connectivity index (χ4v) is 1.23. The van der Waals surface area contributed by atoms with Gasteiger partial charge in [-0.2, -0.15) is 0 Å². The summed E-state index contributed by atoms with van der Waals surface area (Å²) in [6.07, 6.45) is 0. The van der Waals surface area contributed by atoms with Crippen LogP contribution in [0.1, 0.15) is 31.9 Å². The Labute approximate surface area is 93.0 Å². The maximum absolute atomic E-state index is 5.24. The lowest BCUT2D eigenvalue weighted by atomic mass is 10.1. The van der Waals surface area contributed by atoms with E-state index in [0.717, 1.165) is 17.0 Å². The standard InChI is InChI=1S/C11H15NO.C2H6/c1-8-5-6-11(13-4)10(7-8)9(2)12-3;1-2/h5-7H,1-4H3;1-2H3. The van der Waals surface area contributed by atoms with E-state index in [2.05, 4.69) is 18.0 Å². The summed E-state index contributed by atoms with van der Waals surface area (Å²) >= 11 is 0. The van der Waals surface area contributed by atoms with E-state index < -0.39 is 0 Å². The predicted molar refractivity (Wildman–Crippen MR) is 67.2 cm³/mol. The van der Waals surface area contributed by atoms with Crippen molar-refractivity contribution in [1.29, 1.82) is 0 Å². The summed E-state index contributed by atoms with van der Waals surface area (Å²) in [5.41, 5.74) is 3.30. The van der Waals surface area contributed by atoms with Crippen molar-refractivity contribution in [2.24, 2.45) is 4.99 Å². The number of benzene rings is 1.